The Morgan fingerprint density at radius 2 is 1.23 bits per heavy atom. The summed E-state index contributed by atoms with van der Waals surface area (Å²) in [6.45, 7) is 15.9. The second-order valence-corrected chi connectivity index (χ2v) is 19.4. The van der Waals surface area contributed by atoms with Gasteiger partial charge in [-0.2, -0.15) is 25.3 Å². The second-order valence-electron chi connectivity index (χ2n) is 15.3. The van der Waals surface area contributed by atoms with Gasteiger partial charge in [0, 0.05) is 65.1 Å². The van der Waals surface area contributed by atoms with Crippen molar-refractivity contribution >= 4 is 81.6 Å². The molecule has 0 spiro atoms. The topological polar surface area (TPSA) is 259 Å². The first-order valence-corrected chi connectivity index (χ1v) is 23.1. The van der Waals surface area contributed by atoms with Crippen molar-refractivity contribution in [3.63, 3.8) is 0 Å². The number of hydrogen-bond acceptors (Lipinski definition) is 11. The molecule has 4 aromatic rings. The zero-order chi connectivity index (χ0) is 46.1. The number of benzene rings is 5. The molecule has 0 unspecified atom stereocenters. The molecule has 0 atom stereocenters. The van der Waals surface area contributed by atoms with E-state index in [-0.39, 0.29) is 61.8 Å². The molecule has 4 aromatic carbocycles. The maximum Gasteiger partial charge on any atom is 0.297 e. The molecule has 0 radical (unpaired) electrons. The maximum absolute atomic E-state index is 13.3. The number of rotatable bonds is 9. The Bertz CT molecular complexity index is 3340. The Balaban J connectivity index is 1.80. The molecule has 6 rings (SSSR count). The lowest BCUT2D eigenvalue weighted by atomic mass is 9.92. The summed E-state index contributed by atoms with van der Waals surface area (Å²) in [6.07, 6.45) is 0. The van der Waals surface area contributed by atoms with Crippen LogP contribution in [0.5, 0.6) is 0 Å². The van der Waals surface area contributed by atoms with E-state index >= 15 is 0 Å². The minimum absolute atomic E-state index is 0.00671. The Kier molecular flexibility index (Phi) is 11.8. The number of aryl methyl sites for hydroxylation is 3. The van der Waals surface area contributed by atoms with Gasteiger partial charge in [0.25, 0.3) is 30.4 Å². The Hall–Kier alpha value is -5.96. The van der Waals surface area contributed by atoms with Crippen molar-refractivity contribution in [3.05, 3.63) is 98.4 Å². The van der Waals surface area contributed by atoms with Crippen molar-refractivity contribution in [1.82, 2.24) is 0 Å². The van der Waals surface area contributed by atoms with Crippen LogP contribution in [0, 0.1) is 55.4 Å². The molecule has 0 fully saturated rings. The zero-order valence-corrected chi connectivity index (χ0v) is 37.8. The molecule has 0 aromatic heterocycles. The summed E-state index contributed by atoms with van der Waals surface area (Å²) in [5, 5.41) is 8.48. The van der Waals surface area contributed by atoms with Crippen molar-refractivity contribution in [2.45, 2.75) is 83.9 Å². The van der Waals surface area contributed by atoms with Crippen LogP contribution in [0.4, 0.5) is 28.4 Å². The van der Waals surface area contributed by atoms with E-state index in [9.17, 15) is 48.5 Å². The average molecular weight is 905 g/mol. The van der Waals surface area contributed by atoms with Crippen LogP contribution in [0.3, 0.4) is 0 Å². The van der Waals surface area contributed by atoms with Gasteiger partial charge in [0.1, 0.15) is 26.0 Å². The quantitative estimate of drug-likeness (QED) is 0.0590. The van der Waals surface area contributed by atoms with Gasteiger partial charge in [-0.15, -0.1) is 0 Å². The van der Waals surface area contributed by atoms with Crippen LogP contribution < -0.4 is 21.3 Å². The molecular weight excluding hydrogens is 861 g/mol. The highest BCUT2D eigenvalue weighted by Gasteiger charge is 2.30. The maximum atomic E-state index is 13.3. The predicted molar refractivity (Wildman–Crippen MR) is 236 cm³/mol. The molecule has 2 aliphatic rings. The Labute approximate surface area is 358 Å². The van der Waals surface area contributed by atoms with E-state index in [1.54, 1.807) is 39.0 Å². The normalized spacial score (nSPS) is 12.6. The van der Waals surface area contributed by atoms with Crippen LogP contribution in [-0.4, -0.2) is 50.7 Å². The Morgan fingerprint density at radius 1 is 0.613 bits per heavy atom. The SMILES string of the molecule is CC(=O)Nc1cc(C)cc(-c2c3cc(S(=O)(=O)O)c(=Nc4c(C)c(C)c(C)c(S(=O)(=O)O)c4C)cc-3oc3cc(Nc4c(C)cc(C)c(NC(C)=O)c4C)ccc23)c1S(=O)(=O)O. The van der Waals surface area contributed by atoms with Gasteiger partial charge in [-0.25, -0.2) is 4.99 Å². The summed E-state index contributed by atoms with van der Waals surface area (Å²) in [6, 6.07) is 11.7. The van der Waals surface area contributed by atoms with E-state index in [4.69, 9.17) is 4.42 Å². The zero-order valence-electron chi connectivity index (χ0n) is 35.3. The van der Waals surface area contributed by atoms with Crippen molar-refractivity contribution < 1.29 is 52.9 Å². The van der Waals surface area contributed by atoms with Gasteiger partial charge in [0.05, 0.1) is 16.7 Å². The van der Waals surface area contributed by atoms with Gasteiger partial charge in [0.2, 0.25) is 11.8 Å². The number of hydrogen-bond donors (Lipinski definition) is 6. The molecule has 62 heavy (non-hydrogen) atoms. The third-order valence-electron chi connectivity index (χ3n) is 10.7. The number of carbonyl (C=O) groups is 2. The van der Waals surface area contributed by atoms with Gasteiger partial charge in [-0.05, 0) is 130 Å². The predicted octanol–water partition coefficient (Wildman–Crippen LogP) is 8.30. The average Bonchev–Trinajstić information content (AvgIpc) is 3.12. The van der Waals surface area contributed by atoms with Crippen LogP contribution in [-0.2, 0) is 39.9 Å². The fourth-order valence-electron chi connectivity index (χ4n) is 7.95. The van der Waals surface area contributed by atoms with E-state index in [1.165, 1.54) is 39.0 Å². The third kappa shape index (κ3) is 8.59. The number of nitrogens with zero attached hydrogens (tertiary/aromatic N) is 1. The first kappa shape index (κ1) is 45.6. The highest BCUT2D eigenvalue weighted by Crippen LogP contribution is 2.46. The minimum atomic E-state index is -5.18. The highest BCUT2D eigenvalue weighted by atomic mass is 32.2. The monoisotopic (exact) mass is 904 g/mol. The van der Waals surface area contributed by atoms with E-state index in [0.717, 1.165) is 29.7 Å². The molecule has 16 nitrogen and oxygen atoms in total. The van der Waals surface area contributed by atoms with Gasteiger partial charge < -0.3 is 20.4 Å². The van der Waals surface area contributed by atoms with Crippen LogP contribution in [0.15, 0.2) is 72.6 Å². The lowest BCUT2D eigenvalue weighted by Crippen LogP contribution is -2.17. The smallest absolute Gasteiger partial charge is 0.297 e. The Morgan fingerprint density at radius 3 is 1.81 bits per heavy atom. The fraction of sp³-hybridized carbons (Fsp3) is 0.233. The molecule has 0 saturated heterocycles. The number of carbonyl (C=O) groups excluding carboxylic acids is 2. The third-order valence-corrected chi connectivity index (χ3v) is 13.7. The van der Waals surface area contributed by atoms with Crippen molar-refractivity contribution in [2.24, 2.45) is 4.99 Å². The summed E-state index contributed by atoms with van der Waals surface area (Å²) in [4.78, 5) is 27.0. The standard InChI is InChI=1S/C43H44N4O12S3/c1-19-13-32(43(62(56,57)58)34(14-19)44-27(9)48)38-30-12-11-29(46-40-21(3)15-20(2)39(25(40)7)45-28(10)49)16-35(30)59-36-18-33(37(17-31(36)38)60(50,51)52)47-41-23(5)22(4)24(6)42(26(41)8)61(53,54)55/h11-18,46H,1-10H3,(H,44,48)(H,45,49)(H,50,51,52)(H,53,54,55)(H,56,57,58). The summed E-state index contributed by atoms with van der Waals surface area (Å²) >= 11 is 0. The van der Waals surface area contributed by atoms with Crippen molar-refractivity contribution in [1.29, 1.82) is 0 Å². The molecule has 2 amide bonds. The van der Waals surface area contributed by atoms with Gasteiger partial charge in [0.15, 0.2) is 0 Å². The first-order valence-electron chi connectivity index (χ1n) is 18.8. The number of fused-ring (bicyclic) bond motifs is 2. The second kappa shape index (κ2) is 16.1. The number of nitrogens with one attached hydrogen (secondary N) is 3. The molecule has 1 heterocycles. The van der Waals surface area contributed by atoms with E-state index in [0.29, 0.717) is 33.8 Å². The number of amides is 2. The van der Waals surface area contributed by atoms with Crippen LogP contribution >= 0.6 is 0 Å². The van der Waals surface area contributed by atoms with Gasteiger partial charge in [-0.3, -0.25) is 23.2 Å². The van der Waals surface area contributed by atoms with Gasteiger partial charge in [-0.1, -0.05) is 6.07 Å². The molecule has 326 valence electrons. The summed E-state index contributed by atoms with van der Waals surface area (Å²) < 4.78 is 116. The molecular formula is C43H44N4O12S3. The van der Waals surface area contributed by atoms with Gasteiger partial charge >= 0.3 is 0 Å². The molecule has 0 bridgehead atoms. The summed E-state index contributed by atoms with van der Waals surface area (Å²) in [5.74, 6) is -1.02. The molecule has 1 aliphatic heterocycles. The van der Waals surface area contributed by atoms with Crippen molar-refractivity contribution in [2.75, 3.05) is 16.0 Å². The lowest BCUT2D eigenvalue weighted by Gasteiger charge is -2.22. The fourth-order valence-corrected chi connectivity index (χ4v) is 10.4. The number of anilines is 4. The van der Waals surface area contributed by atoms with Crippen LogP contribution in [0.25, 0.3) is 33.4 Å². The summed E-state index contributed by atoms with van der Waals surface area (Å²) in [5.41, 5.74) is 5.26. The highest BCUT2D eigenvalue weighted by molar-refractivity contribution is 7.86. The van der Waals surface area contributed by atoms with E-state index in [1.807, 2.05) is 26.8 Å². The van der Waals surface area contributed by atoms with E-state index in [2.05, 4.69) is 20.9 Å². The van der Waals surface area contributed by atoms with Crippen LogP contribution in [0.1, 0.15) is 58.4 Å². The molecule has 0 saturated carbocycles. The summed E-state index contributed by atoms with van der Waals surface area (Å²) in [7, 11) is -15.1. The van der Waals surface area contributed by atoms with E-state index < -0.39 is 56.3 Å². The largest absolute Gasteiger partial charge is 0.456 e. The first-order chi connectivity index (χ1) is 28.6. The molecule has 1 aliphatic carbocycles. The minimum Gasteiger partial charge on any atom is -0.456 e. The van der Waals surface area contributed by atoms with Crippen molar-refractivity contribution in [3.8, 4) is 22.5 Å². The van der Waals surface area contributed by atoms with Crippen LogP contribution in [0.2, 0.25) is 0 Å². The molecule has 6 N–H and O–H groups in total. The lowest BCUT2D eigenvalue weighted by molar-refractivity contribution is -0.115. The molecule has 19 heteroatoms.